The Morgan fingerprint density at radius 2 is 1.66 bits per heavy atom. The minimum Gasteiger partial charge on any atom is -0.495 e. The van der Waals surface area contributed by atoms with Crippen molar-refractivity contribution in [1.29, 1.82) is 0 Å². The van der Waals surface area contributed by atoms with Gasteiger partial charge in [-0.1, -0.05) is 53.8 Å². The molecule has 0 unspecified atom stereocenters. The third-order valence-electron chi connectivity index (χ3n) is 5.41. The van der Waals surface area contributed by atoms with Crippen LogP contribution in [0, 0.1) is 10.1 Å². The van der Waals surface area contributed by atoms with E-state index in [9.17, 15) is 14.9 Å². The van der Waals surface area contributed by atoms with Gasteiger partial charge in [0.05, 0.1) is 24.7 Å². The average molecular weight is 487 g/mol. The zero-order chi connectivity index (χ0) is 24.5. The third-order valence-corrected chi connectivity index (χ3v) is 6.46. The van der Waals surface area contributed by atoms with Crippen molar-refractivity contribution in [2.24, 2.45) is 4.99 Å². The number of amidine groups is 1. The number of hydrogen-bond acceptors (Lipinski definition) is 8. The molecule has 0 N–H and O–H groups in total. The molecule has 0 aliphatic carbocycles. The topological polar surface area (TPSA) is 107 Å². The van der Waals surface area contributed by atoms with Gasteiger partial charge in [0, 0.05) is 11.6 Å². The summed E-state index contributed by atoms with van der Waals surface area (Å²) < 4.78 is 11.7. The van der Waals surface area contributed by atoms with E-state index < -0.39 is 10.8 Å². The lowest BCUT2D eigenvalue weighted by Crippen LogP contribution is -2.32. The Balaban J connectivity index is 1.69. The highest BCUT2D eigenvalue weighted by atomic mass is 32.1. The lowest BCUT2D eigenvalue weighted by Gasteiger charge is -2.14. The third kappa shape index (κ3) is 3.89. The van der Waals surface area contributed by atoms with E-state index in [0.717, 1.165) is 4.70 Å². The summed E-state index contributed by atoms with van der Waals surface area (Å²) in [7, 11) is 3.11. The molecule has 0 fully saturated rings. The molecule has 0 bridgehead atoms. The molecule has 1 aliphatic heterocycles. The van der Waals surface area contributed by atoms with E-state index in [0.29, 0.717) is 33.5 Å². The van der Waals surface area contributed by atoms with Gasteiger partial charge >= 0.3 is 0 Å². The summed E-state index contributed by atoms with van der Waals surface area (Å²) in [6.07, 6.45) is 1.43. The number of amides is 1. The maximum absolute atomic E-state index is 13.6. The molecule has 0 atom stereocenters. The first-order valence-corrected chi connectivity index (χ1v) is 11.3. The number of ether oxygens (including phenoxy) is 2. The largest absolute Gasteiger partial charge is 0.495 e. The Hall–Kier alpha value is -4.57. The van der Waals surface area contributed by atoms with Crippen LogP contribution in [0.5, 0.6) is 11.5 Å². The smallest absolute Gasteiger partial charge is 0.284 e. The highest BCUT2D eigenvalue weighted by Crippen LogP contribution is 2.42. The van der Waals surface area contributed by atoms with Crippen LogP contribution in [0.3, 0.4) is 0 Å². The van der Waals surface area contributed by atoms with Crippen molar-refractivity contribution < 1.29 is 19.2 Å². The van der Waals surface area contributed by atoms with E-state index in [1.807, 2.05) is 30.3 Å². The summed E-state index contributed by atoms with van der Waals surface area (Å²) >= 11 is 1.27. The maximum Gasteiger partial charge on any atom is 0.284 e. The molecule has 0 saturated heterocycles. The molecule has 4 aromatic rings. The summed E-state index contributed by atoms with van der Waals surface area (Å²) in [6, 6.07) is 19.0. The van der Waals surface area contributed by atoms with Crippen LogP contribution in [0.25, 0.3) is 16.3 Å². The number of methoxy groups -OCH3 is 2. The highest BCUT2D eigenvalue weighted by Gasteiger charge is 2.35. The normalized spacial score (nSPS) is 14.5. The van der Waals surface area contributed by atoms with Crippen molar-refractivity contribution in [3.63, 3.8) is 0 Å². The number of fused-ring (bicyclic) bond motifs is 1. The molecule has 0 spiro atoms. The number of hydrogen-bond donors (Lipinski definition) is 0. The van der Waals surface area contributed by atoms with Crippen LogP contribution in [-0.4, -0.2) is 35.9 Å². The minimum atomic E-state index is -0.489. The van der Waals surface area contributed by atoms with Crippen LogP contribution in [0.15, 0.2) is 77.4 Å². The minimum absolute atomic E-state index is 0.0661. The number of benzene rings is 3. The maximum atomic E-state index is 13.6. The van der Waals surface area contributed by atoms with E-state index >= 15 is 0 Å². The first kappa shape index (κ1) is 22.2. The molecule has 2 heterocycles. The van der Waals surface area contributed by atoms with Crippen LogP contribution >= 0.6 is 11.3 Å². The molecular weight excluding hydrogens is 468 g/mol. The summed E-state index contributed by atoms with van der Waals surface area (Å²) in [5.74, 6) is 1.07. The zero-order valence-electron chi connectivity index (χ0n) is 18.7. The molecule has 5 rings (SSSR count). The van der Waals surface area contributed by atoms with Crippen molar-refractivity contribution in [1.82, 2.24) is 4.98 Å². The monoisotopic (exact) mass is 486 g/mol. The standard InChI is InChI=1S/C25H18N4O5S/c1-33-19-12-13-20(34-2)22-21(19)27-25(35-22)28-23(15-8-4-3-5-9-15)26-17(24(28)30)14-16-10-6-7-11-18(16)29(31)32/h3-14H,1-2H3/b17-14+. The second kappa shape index (κ2) is 8.99. The Labute approximate surface area is 203 Å². The van der Waals surface area contributed by atoms with Crippen LogP contribution in [0.1, 0.15) is 11.1 Å². The van der Waals surface area contributed by atoms with Gasteiger partial charge in [-0.15, -0.1) is 0 Å². The molecule has 0 radical (unpaired) electrons. The Bertz CT molecular complexity index is 1490. The van der Waals surface area contributed by atoms with E-state index in [1.165, 1.54) is 28.4 Å². The number of aromatic nitrogens is 1. The Morgan fingerprint density at radius 3 is 2.37 bits per heavy atom. The Morgan fingerprint density at radius 1 is 0.971 bits per heavy atom. The number of nitro groups is 1. The highest BCUT2D eigenvalue weighted by molar-refractivity contribution is 7.23. The predicted molar refractivity (Wildman–Crippen MR) is 134 cm³/mol. The first-order chi connectivity index (χ1) is 17.0. The van der Waals surface area contributed by atoms with Gasteiger partial charge in [-0.25, -0.2) is 14.9 Å². The van der Waals surface area contributed by atoms with Gasteiger partial charge in [0.25, 0.3) is 11.6 Å². The molecule has 0 saturated carbocycles. The lowest BCUT2D eigenvalue weighted by molar-refractivity contribution is -0.385. The molecule has 174 valence electrons. The predicted octanol–water partition coefficient (Wildman–Crippen LogP) is 5.06. The number of thiazole rings is 1. The fraction of sp³-hybridized carbons (Fsp3) is 0.0800. The number of para-hydroxylation sites is 1. The molecule has 1 aliphatic rings. The number of nitrogens with zero attached hydrogens (tertiary/aromatic N) is 4. The van der Waals surface area contributed by atoms with E-state index in [-0.39, 0.29) is 16.9 Å². The van der Waals surface area contributed by atoms with E-state index in [2.05, 4.69) is 9.98 Å². The van der Waals surface area contributed by atoms with Crippen LogP contribution in [-0.2, 0) is 4.79 Å². The molecule has 1 amide bonds. The molecule has 9 nitrogen and oxygen atoms in total. The van der Waals surface area contributed by atoms with Crippen LogP contribution in [0.2, 0.25) is 0 Å². The summed E-state index contributed by atoms with van der Waals surface area (Å²) in [5.41, 5.74) is 1.49. The summed E-state index contributed by atoms with van der Waals surface area (Å²) in [4.78, 5) is 35.3. The summed E-state index contributed by atoms with van der Waals surface area (Å²) in [6.45, 7) is 0. The van der Waals surface area contributed by atoms with Gasteiger partial charge < -0.3 is 9.47 Å². The average Bonchev–Trinajstić information content (AvgIpc) is 3.45. The zero-order valence-corrected chi connectivity index (χ0v) is 19.5. The van der Waals surface area contributed by atoms with E-state index in [4.69, 9.17) is 9.47 Å². The van der Waals surface area contributed by atoms with Crippen molar-refractivity contribution in [2.45, 2.75) is 0 Å². The number of nitro benzene ring substituents is 1. The molecule has 10 heteroatoms. The molecule has 3 aromatic carbocycles. The van der Waals surface area contributed by atoms with Gasteiger partial charge in [0.15, 0.2) is 5.13 Å². The Kier molecular flexibility index (Phi) is 5.71. The molecular formula is C25H18N4O5S. The van der Waals surface area contributed by atoms with Crippen molar-refractivity contribution in [3.05, 3.63) is 93.7 Å². The van der Waals surface area contributed by atoms with Gasteiger partial charge in [-0.2, -0.15) is 0 Å². The molecule has 35 heavy (non-hydrogen) atoms. The fourth-order valence-electron chi connectivity index (χ4n) is 3.77. The van der Waals surface area contributed by atoms with Crippen molar-refractivity contribution in [2.75, 3.05) is 19.1 Å². The fourth-order valence-corrected chi connectivity index (χ4v) is 4.84. The van der Waals surface area contributed by atoms with Gasteiger partial charge in [-0.3, -0.25) is 14.9 Å². The van der Waals surface area contributed by atoms with Gasteiger partial charge in [-0.05, 0) is 24.3 Å². The summed E-state index contributed by atoms with van der Waals surface area (Å²) in [5, 5.41) is 11.9. The SMILES string of the molecule is COc1ccc(OC)c2sc(N3C(=O)/C(=C\c4ccccc4[N+](=O)[O-])N=C3c3ccccc3)nc12. The number of anilines is 1. The van der Waals surface area contributed by atoms with Crippen molar-refractivity contribution in [3.8, 4) is 11.5 Å². The molecule has 1 aromatic heterocycles. The quantitative estimate of drug-likeness (QED) is 0.214. The number of aliphatic imine (C=N–C) groups is 1. The second-order valence-corrected chi connectivity index (χ2v) is 8.41. The van der Waals surface area contributed by atoms with Crippen LogP contribution in [0.4, 0.5) is 10.8 Å². The van der Waals surface area contributed by atoms with Crippen molar-refractivity contribution >= 4 is 50.2 Å². The van der Waals surface area contributed by atoms with Gasteiger partial charge in [0.2, 0.25) is 0 Å². The van der Waals surface area contributed by atoms with Gasteiger partial charge in [0.1, 0.15) is 33.2 Å². The first-order valence-electron chi connectivity index (χ1n) is 10.5. The van der Waals surface area contributed by atoms with E-state index in [1.54, 1.807) is 44.6 Å². The number of carbonyl (C=O) groups excluding carboxylic acids is 1. The second-order valence-electron chi connectivity index (χ2n) is 7.43. The lowest BCUT2D eigenvalue weighted by atomic mass is 10.1. The van der Waals surface area contributed by atoms with Crippen LogP contribution < -0.4 is 14.4 Å². The number of carbonyl (C=O) groups is 1. The number of rotatable bonds is 6.